The molecule has 3 aromatic rings. The number of hydrogen-bond acceptors (Lipinski definition) is 9. The van der Waals surface area contributed by atoms with Gasteiger partial charge in [-0.25, -0.2) is 15.0 Å². The van der Waals surface area contributed by atoms with E-state index in [1.165, 1.54) is 0 Å². The van der Waals surface area contributed by atoms with Crippen LogP contribution in [0.15, 0.2) is 48.9 Å². The van der Waals surface area contributed by atoms with E-state index in [4.69, 9.17) is 19.2 Å². The Morgan fingerprint density at radius 3 is 2.08 bits per heavy atom. The number of carbonyl (C=O) groups is 1. The van der Waals surface area contributed by atoms with Gasteiger partial charge in [-0.15, -0.1) is 0 Å². The summed E-state index contributed by atoms with van der Waals surface area (Å²) in [6.45, 7) is 3.18. The van der Waals surface area contributed by atoms with Crippen molar-refractivity contribution in [3.63, 3.8) is 0 Å². The van der Waals surface area contributed by atoms with Gasteiger partial charge >= 0.3 is 0 Å². The van der Waals surface area contributed by atoms with E-state index in [1.54, 1.807) is 39.9 Å². The maximum atomic E-state index is 13.5. The molecule has 1 saturated heterocycles. The number of ether oxygens (including phenoxy) is 3. The van der Waals surface area contributed by atoms with Gasteiger partial charge in [0.05, 0.1) is 17.8 Å². The summed E-state index contributed by atoms with van der Waals surface area (Å²) in [5, 5.41) is 5.05. The third kappa shape index (κ3) is 5.22. The molecule has 0 radical (unpaired) electrons. The highest BCUT2D eigenvalue weighted by Crippen LogP contribution is 2.30. The largest absolute Gasteiger partial charge is 0.379 e. The van der Waals surface area contributed by atoms with Crippen LogP contribution in [-0.4, -0.2) is 92.7 Å². The molecule has 10 nitrogen and oxygen atoms in total. The highest BCUT2D eigenvalue weighted by atomic mass is 16.6. The van der Waals surface area contributed by atoms with Gasteiger partial charge in [0.2, 0.25) is 5.95 Å². The zero-order chi connectivity index (χ0) is 25.8. The van der Waals surface area contributed by atoms with Gasteiger partial charge in [-0.05, 0) is 24.3 Å². The smallest absolute Gasteiger partial charge is 0.253 e. The SMILES string of the molecule is COC1CC(NC(=O)c2cnc(N3CCN(c4ncccn4)CC3)c3ccccc23)CC(OC)C1OC. The molecule has 196 valence electrons. The van der Waals surface area contributed by atoms with Crippen LogP contribution in [0.25, 0.3) is 10.8 Å². The minimum Gasteiger partial charge on any atom is -0.379 e. The van der Waals surface area contributed by atoms with Crippen molar-refractivity contribution in [3.8, 4) is 0 Å². The molecule has 2 aromatic heterocycles. The first-order valence-corrected chi connectivity index (χ1v) is 12.7. The zero-order valence-corrected chi connectivity index (χ0v) is 21.5. The number of piperazine rings is 1. The standard InChI is InChI=1S/C27H34N6O4/c1-35-22-15-18(16-23(36-2)24(22)37-3)31-26(34)21-17-30-25(20-8-5-4-7-19(20)21)32-11-13-33(14-12-32)27-28-9-6-10-29-27/h4-10,17-18,22-24H,11-16H2,1-3H3,(H,31,34). The molecule has 1 aromatic carbocycles. The fourth-order valence-electron chi connectivity index (χ4n) is 5.49. The van der Waals surface area contributed by atoms with E-state index in [0.717, 1.165) is 48.7 Å². The van der Waals surface area contributed by atoms with Crippen molar-refractivity contribution in [1.29, 1.82) is 0 Å². The molecule has 2 aliphatic rings. The summed E-state index contributed by atoms with van der Waals surface area (Å²) < 4.78 is 16.9. The number of rotatable bonds is 7. The predicted octanol–water partition coefficient (Wildman–Crippen LogP) is 2.29. The van der Waals surface area contributed by atoms with E-state index in [2.05, 4.69) is 25.1 Å². The lowest BCUT2D eigenvalue weighted by Gasteiger charge is -2.39. The average Bonchev–Trinajstić information content (AvgIpc) is 2.96. The summed E-state index contributed by atoms with van der Waals surface area (Å²) in [6.07, 6.45) is 6.04. The third-order valence-electron chi connectivity index (χ3n) is 7.41. The number of anilines is 2. The summed E-state index contributed by atoms with van der Waals surface area (Å²) in [6, 6.07) is 9.69. The van der Waals surface area contributed by atoms with E-state index in [9.17, 15) is 4.79 Å². The number of carbonyl (C=O) groups excluding carboxylic acids is 1. The van der Waals surface area contributed by atoms with Crippen LogP contribution in [0.1, 0.15) is 23.2 Å². The fraction of sp³-hybridized carbons (Fsp3) is 0.481. The van der Waals surface area contributed by atoms with Crippen molar-refractivity contribution >= 4 is 28.4 Å². The quantitative estimate of drug-likeness (QED) is 0.517. The number of methoxy groups -OCH3 is 3. The van der Waals surface area contributed by atoms with Crippen LogP contribution >= 0.6 is 0 Å². The Hall–Kier alpha value is -3.34. The number of nitrogens with one attached hydrogen (secondary N) is 1. The second-order valence-corrected chi connectivity index (χ2v) is 9.45. The van der Waals surface area contributed by atoms with Gasteiger partial charge in [-0.3, -0.25) is 4.79 Å². The number of amides is 1. The van der Waals surface area contributed by atoms with Crippen LogP contribution in [0.4, 0.5) is 11.8 Å². The Bertz CT molecular complexity index is 1190. The number of fused-ring (bicyclic) bond motifs is 1. The monoisotopic (exact) mass is 506 g/mol. The predicted molar refractivity (Wildman–Crippen MR) is 141 cm³/mol. The van der Waals surface area contributed by atoms with E-state index in [0.29, 0.717) is 18.4 Å². The second-order valence-electron chi connectivity index (χ2n) is 9.45. The van der Waals surface area contributed by atoms with Crippen LogP contribution in [0, 0.1) is 0 Å². The highest BCUT2D eigenvalue weighted by Gasteiger charge is 2.39. The third-order valence-corrected chi connectivity index (χ3v) is 7.41. The molecule has 0 spiro atoms. The summed E-state index contributed by atoms with van der Waals surface area (Å²) >= 11 is 0. The molecule has 3 heterocycles. The zero-order valence-electron chi connectivity index (χ0n) is 21.5. The normalized spacial score (nSPS) is 24.3. The van der Waals surface area contributed by atoms with Crippen LogP contribution in [0.2, 0.25) is 0 Å². The van der Waals surface area contributed by atoms with Crippen LogP contribution in [0.5, 0.6) is 0 Å². The molecular weight excluding hydrogens is 472 g/mol. The Morgan fingerprint density at radius 1 is 0.838 bits per heavy atom. The van der Waals surface area contributed by atoms with Crippen LogP contribution in [0.3, 0.4) is 0 Å². The molecule has 5 rings (SSSR count). The molecule has 2 fully saturated rings. The van der Waals surface area contributed by atoms with Crippen LogP contribution in [-0.2, 0) is 14.2 Å². The Balaban J connectivity index is 1.33. The van der Waals surface area contributed by atoms with Crippen molar-refractivity contribution in [1.82, 2.24) is 20.3 Å². The van der Waals surface area contributed by atoms with Gasteiger partial charge in [0, 0.05) is 77.5 Å². The van der Waals surface area contributed by atoms with Crippen LogP contribution < -0.4 is 15.1 Å². The maximum absolute atomic E-state index is 13.5. The van der Waals surface area contributed by atoms with E-state index in [1.807, 2.05) is 30.3 Å². The van der Waals surface area contributed by atoms with Gasteiger partial charge in [0.1, 0.15) is 11.9 Å². The number of pyridine rings is 1. The van der Waals surface area contributed by atoms with Crippen molar-refractivity contribution in [2.24, 2.45) is 0 Å². The molecule has 0 bridgehead atoms. The molecule has 1 aliphatic carbocycles. The summed E-state index contributed by atoms with van der Waals surface area (Å²) in [5.74, 6) is 1.49. The minimum atomic E-state index is -0.168. The van der Waals surface area contributed by atoms with E-state index >= 15 is 0 Å². The first-order chi connectivity index (χ1) is 18.1. The molecule has 1 amide bonds. The lowest BCUT2D eigenvalue weighted by Crippen LogP contribution is -2.53. The van der Waals surface area contributed by atoms with Gasteiger partial charge in [0.25, 0.3) is 5.91 Å². The van der Waals surface area contributed by atoms with Gasteiger partial charge < -0.3 is 29.3 Å². The van der Waals surface area contributed by atoms with Crippen molar-refractivity contribution in [2.75, 3.05) is 57.3 Å². The average molecular weight is 507 g/mol. The number of hydrogen-bond donors (Lipinski definition) is 1. The molecule has 2 unspecified atom stereocenters. The van der Waals surface area contributed by atoms with Gasteiger partial charge in [-0.1, -0.05) is 24.3 Å². The molecule has 10 heteroatoms. The molecular formula is C27H34N6O4. The molecule has 1 saturated carbocycles. The van der Waals surface area contributed by atoms with Crippen molar-refractivity contribution in [3.05, 3.63) is 54.5 Å². The first kappa shape index (κ1) is 25.3. The maximum Gasteiger partial charge on any atom is 0.253 e. The molecule has 1 N–H and O–H groups in total. The number of nitrogens with zero attached hydrogens (tertiary/aromatic N) is 5. The Morgan fingerprint density at radius 2 is 1.46 bits per heavy atom. The lowest BCUT2D eigenvalue weighted by atomic mass is 9.87. The summed E-state index contributed by atoms with van der Waals surface area (Å²) in [5.41, 5.74) is 0.562. The van der Waals surface area contributed by atoms with Crippen molar-refractivity contribution < 1.29 is 19.0 Å². The first-order valence-electron chi connectivity index (χ1n) is 12.7. The Kier molecular flexibility index (Phi) is 7.78. The topological polar surface area (TPSA) is 102 Å². The Labute approximate surface area is 216 Å². The molecule has 2 atom stereocenters. The van der Waals surface area contributed by atoms with E-state index < -0.39 is 0 Å². The van der Waals surface area contributed by atoms with Gasteiger partial charge in [-0.2, -0.15) is 0 Å². The number of aromatic nitrogens is 3. The number of benzene rings is 1. The minimum absolute atomic E-state index is 0.0967. The molecule has 1 aliphatic heterocycles. The fourth-order valence-corrected chi connectivity index (χ4v) is 5.49. The highest BCUT2D eigenvalue weighted by molar-refractivity contribution is 6.09. The van der Waals surface area contributed by atoms with Gasteiger partial charge in [0.15, 0.2) is 0 Å². The summed E-state index contributed by atoms with van der Waals surface area (Å²) in [4.78, 5) is 31.4. The van der Waals surface area contributed by atoms with E-state index in [-0.39, 0.29) is 30.3 Å². The molecule has 37 heavy (non-hydrogen) atoms. The van der Waals surface area contributed by atoms with Crippen molar-refractivity contribution in [2.45, 2.75) is 37.2 Å². The summed E-state index contributed by atoms with van der Waals surface area (Å²) in [7, 11) is 4.99. The lowest BCUT2D eigenvalue weighted by molar-refractivity contribution is -0.133. The second kappa shape index (κ2) is 11.4.